The van der Waals surface area contributed by atoms with E-state index in [9.17, 15) is 9.59 Å². The Hall–Kier alpha value is -3.30. The number of rotatable bonds is 7. The normalized spacial score (nSPS) is 18.1. The highest BCUT2D eigenvalue weighted by Crippen LogP contribution is 2.22. The van der Waals surface area contributed by atoms with Gasteiger partial charge >= 0.3 is 0 Å². The van der Waals surface area contributed by atoms with Crippen molar-refractivity contribution in [3.05, 3.63) is 41.7 Å². The van der Waals surface area contributed by atoms with E-state index in [1.165, 1.54) is 29.4 Å². The average molecular weight is 443 g/mol. The third-order valence-electron chi connectivity index (χ3n) is 5.96. The van der Waals surface area contributed by atoms with Gasteiger partial charge in [-0.15, -0.1) is 5.10 Å². The topological polar surface area (TPSA) is 130 Å². The number of benzene rings is 1. The second-order valence-electron chi connectivity index (χ2n) is 8.35. The van der Waals surface area contributed by atoms with Gasteiger partial charge in [-0.3, -0.25) is 14.4 Å². The number of hydrogen-bond donors (Lipinski definition) is 2. The number of tetrazole rings is 1. The average Bonchev–Trinajstić information content (AvgIpc) is 3.53. The first-order valence-electron chi connectivity index (χ1n) is 11.0. The van der Waals surface area contributed by atoms with Crippen LogP contribution in [0.25, 0.3) is 0 Å². The largest absolute Gasteiger partial charge is 0.483 e. The Morgan fingerprint density at radius 2 is 1.81 bits per heavy atom. The van der Waals surface area contributed by atoms with Crippen LogP contribution in [-0.2, 0) is 33.8 Å². The van der Waals surface area contributed by atoms with Crippen LogP contribution in [0, 0.1) is 5.92 Å². The highest BCUT2D eigenvalue weighted by Gasteiger charge is 2.26. The summed E-state index contributed by atoms with van der Waals surface area (Å²) >= 11 is 0. The van der Waals surface area contributed by atoms with Crippen LogP contribution >= 0.6 is 0 Å². The van der Waals surface area contributed by atoms with E-state index in [4.69, 9.17) is 9.90 Å². The van der Waals surface area contributed by atoms with Gasteiger partial charge in [0.1, 0.15) is 12.9 Å². The Bertz CT molecular complexity index is 865. The van der Waals surface area contributed by atoms with Gasteiger partial charge in [0, 0.05) is 19.1 Å². The summed E-state index contributed by atoms with van der Waals surface area (Å²) in [5.74, 6) is 0.643. The lowest BCUT2D eigenvalue weighted by Gasteiger charge is -2.16. The Kier molecular flexibility index (Phi) is 8.70. The molecule has 1 saturated carbocycles. The maximum Gasteiger partial charge on any atom is 0.290 e. The molecule has 32 heavy (non-hydrogen) atoms. The maximum atomic E-state index is 12.4. The summed E-state index contributed by atoms with van der Waals surface area (Å²) in [4.78, 5) is 34.8. The third kappa shape index (κ3) is 7.14. The van der Waals surface area contributed by atoms with Crippen LogP contribution < -0.4 is 5.32 Å². The number of amides is 2. The Morgan fingerprint density at radius 3 is 2.47 bits per heavy atom. The van der Waals surface area contributed by atoms with Gasteiger partial charge in [0.25, 0.3) is 6.47 Å². The number of hydrogen-bond acceptors (Lipinski definition) is 6. The van der Waals surface area contributed by atoms with E-state index in [0.29, 0.717) is 18.4 Å². The van der Waals surface area contributed by atoms with Crippen molar-refractivity contribution in [2.45, 2.75) is 57.5 Å². The van der Waals surface area contributed by atoms with Gasteiger partial charge in [0.2, 0.25) is 11.8 Å². The zero-order valence-corrected chi connectivity index (χ0v) is 18.1. The van der Waals surface area contributed by atoms with Crippen LogP contribution in [0.5, 0.6) is 0 Å². The summed E-state index contributed by atoms with van der Waals surface area (Å²) in [7, 11) is 0. The smallest absolute Gasteiger partial charge is 0.290 e. The van der Waals surface area contributed by atoms with Crippen LogP contribution in [0.15, 0.2) is 30.6 Å². The molecule has 1 atom stereocenters. The van der Waals surface area contributed by atoms with Gasteiger partial charge in [-0.1, -0.05) is 37.1 Å². The predicted molar refractivity (Wildman–Crippen MR) is 115 cm³/mol. The quantitative estimate of drug-likeness (QED) is 0.613. The van der Waals surface area contributed by atoms with E-state index in [1.807, 2.05) is 4.90 Å². The second-order valence-corrected chi connectivity index (χ2v) is 8.35. The van der Waals surface area contributed by atoms with Crippen molar-refractivity contribution in [3.8, 4) is 0 Å². The van der Waals surface area contributed by atoms with E-state index in [2.05, 4.69) is 45.1 Å². The molecule has 1 unspecified atom stereocenters. The van der Waals surface area contributed by atoms with Crippen molar-refractivity contribution in [2.75, 3.05) is 13.1 Å². The summed E-state index contributed by atoms with van der Waals surface area (Å²) in [5, 5.41) is 20.9. The molecule has 2 fully saturated rings. The molecule has 10 heteroatoms. The summed E-state index contributed by atoms with van der Waals surface area (Å²) < 4.78 is 1.46. The minimum absolute atomic E-state index is 0.0587. The lowest BCUT2D eigenvalue weighted by atomic mass is 9.97. The van der Waals surface area contributed by atoms with Crippen LogP contribution in [0.4, 0.5) is 0 Å². The zero-order valence-electron chi connectivity index (χ0n) is 18.1. The van der Waals surface area contributed by atoms with Gasteiger partial charge in [0.05, 0.1) is 6.42 Å². The number of likely N-dealkylation sites (tertiary alicyclic amines) is 1. The number of nitrogens with one attached hydrogen (secondary N) is 1. The zero-order chi connectivity index (χ0) is 22.8. The van der Waals surface area contributed by atoms with Crippen LogP contribution in [0.2, 0.25) is 0 Å². The summed E-state index contributed by atoms with van der Waals surface area (Å²) in [6, 6.07) is 8.71. The minimum atomic E-state index is -0.250. The molecule has 1 aromatic carbocycles. The first kappa shape index (κ1) is 23.4. The minimum Gasteiger partial charge on any atom is -0.483 e. The van der Waals surface area contributed by atoms with Gasteiger partial charge in [-0.25, -0.2) is 4.68 Å². The molecule has 2 aliphatic rings. The number of nitrogens with zero attached hydrogens (tertiary/aromatic N) is 5. The molecule has 0 bridgehead atoms. The first-order chi connectivity index (χ1) is 15.6. The predicted octanol–water partition coefficient (Wildman–Crippen LogP) is 1.07. The molecule has 1 aliphatic carbocycles. The van der Waals surface area contributed by atoms with Crippen LogP contribution in [0.3, 0.4) is 0 Å². The molecule has 1 aliphatic heterocycles. The lowest BCUT2D eigenvalue weighted by Crippen LogP contribution is -2.33. The van der Waals surface area contributed by atoms with Gasteiger partial charge in [-0.2, -0.15) is 0 Å². The first-order valence-corrected chi connectivity index (χ1v) is 11.0. The summed E-state index contributed by atoms with van der Waals surface area (Å²) in [6.07, 6.45) is 8.53. The number of carbonyl (C=O) groups is 3. The van der Waals surface area contributed by atoms with E-state index < -0.39 is 0 Å². The Balaban J connectivity index is 0.000000913. The molecule has 0 radical (unpaired) electrons. The molecular formula is C22H30N6O4. The number of carbonyl (C=O) groups excluding carboxylic acids is 2. The fraction of sp³-hybridized carbons (Fsp3) is 0.545. The van der Waals surface area contributed by atoms with Crippen molar-refractivity contribution in [1.29, 1.82) is 0 Å². The van der Waals surface area contributed by atoms with Crippen molar-refractivity contribution >= 4 is 18.3 Å². The second kappa shape index (κ2) is 11.9. The van der Waals surface area contributed by atoms with E-state index in [-0.39, 0.29) is 24.8 Å². The number of aromatic nitrogens is 4. The highest BCUT2D eigenvalue weighted by molar-refractivity contribution is 5.79. The molecule has 172 valence electrons. The Labute approximate surface area is 187 Å². The van der Waals surface area contributed by atoms with Crippen molar-refractivity contribution in [2.24, 2.45) is 5.92 Å². The molecular weight excluding hydrogens is 412 g/mol. The SMILES string of the molecule is O=C(Cc1ccc(CC2CCN(C(=O)Cn3cnnn3)C2)cc1)NC1CCCC1.O=CO. The van der Waals surface area contributed by atoms with Gasteiger partial charge in [-0.05, 0) is 53.2 Å². The molecule has 2 heterocycles. The molecule has 1 aromatic heterocycles. The molecule has 0 spiro atoms. The van der Waals surface area contributed by atoms with Crippen molar-refractivity contribution < 1.29 is 19.5 Å². The fourth-order valence-corrected chi connectivity index (χ4v) is 4.38. The maximum absolute atomic E-state index is 12.4. The van der Waals surface area contributed by atoms with E-state index in [1.54, 1.807) is 0 Å². The Morgan fingerprint density at radius 1 is 1.12 bits per heavy atom. The number of carboxylic acid groups (broad SMARTS) is 1. The van der Waals surface area contributed by atoms with Crippen LogP contribution in [0.1, 0.15) is 43.2 Å². The third-order valence-corrected chi connectivity index (χ3v) is 5.96. The summed E-state index contributed by atoms with van der Waals surface area (Å²) in [5.41, 5.74) is 2.30. The summed E-state index contributed by atoms with van der Waals surface area (Å²) in [6.45, 7) is 1.49. The fourth-order valence-electron chi connectivity index (χ4n) is 4.38. The molecule has 2 amide bonds. The molecule has 2 N–H and O–H groups in total. The molecule has 10 nitrogen and oxygen atoms in total. The molecule has 4 rings (SSSR count). The lowest BCUT2D eigenvalue weighted by molar-refractivity contribution is -0.131. The van der Waals surface area contributed by atoms with Crippen LogP contribution in [-0.4, -0.2) is 67.6 Å². The van der Waals surface area contributed by atoms with E-state index >= 15 is 0 Å². The monoisotopic (exact) mass is 442 g/mol. The van der Waals surface area contributed by atoms with Gasteiger partial charge in [0.15, 0.2) is 0 Å². The van der Waals surface area contributed by atoms with Gasteiger partial charge < -0.3 is 15.3 Å². The highest BCUT2D eigenvalue weighted by atomic mass is 16.3. The molecule has 1 saturated heterocycles. The van der Waals surface area contributed by atoms with Crippen molar-refractivity contribution in [3.63, 3.8) is 0 Å². The molecule has 2 aromatic rings. The van der Waals surface area contributed by atoms with E-state index in [0.717, 1.165) is 44.3 Å². The standard InChI is InChI=1S/C21H28N6O2.CH2O2/c28-20(23-19-3-1-2-4-19)12-17-7-5-16(6-8-17)11-18-9-10-26(13-18)21(29)14-27-15-22-24-25-27;2-1-3/h5-8,15,18-19H,1-4,9-14H2,(H,23,28);1H,(H,2,3). The van der Waals surface area contributed by atoms with Crippen molar-refractivity contribution in [1.82, 2.24) is 30.4 Å².